The van der Waals surface area contributed by atoms with E-state index in [4.69, 9.17) is 14.6 Å². The van der Waals surface area contributed by atoms with Crippen molar-refractivity contribution in [1.82, 2.24) is 4.90 Å². The normalized spacial score (nSPS) is 11.6. The molecule has 1 aromatic rings. The lowest BCUT2D eigenvalue weighted by Crippen LogP contribution is -2.41. The third-order valence-electron chi connectivity index (χ3n) is 2.07. The number of carbonyl (C=O) groups excluding carboxylic acids is 1. The maximum absolute atomic E-state index is 11.4. The highest BCUT2D eigenvalue weighted by atomic mass is 16.5. The van der Waals surface area contributed by atoms with Crippen molar-refractivity contribution in [1.29, 1.82) is 0 Å². The van der Waals surface area contributed by atoms with Gasteiger partial charge in [0.2, 0.25) is 0 Å². The summed E-state index contributed by atoms with van der Waals surface area (Å²) in [4.78, 5) is 33.8. The molecule has 0 bridgehead atoms. The smallest absolute Gasteiger partial charge is 0.411 e. The zero-order valence-electron chi connectivity index (χ0n) is 9.40. The number of carbonyl (C=O) groups is 3. The van der Waals surface area contributed by atoms with E-state index in [9.17, 15) is 14.4 Å². The molecule has 1 rings (SSSR count). The number of methoxy groups -OCH3 is 1. The van der Waals surface area contributed by atoms with Crippen LogP contribution in [0.25, 0.3) is 0 Å². The van der Waals surface area contributed by atoms with Crippen molar-refractivity contribution in [3.05, 3.63) is 24.2 Å². The van der Waals surface area contributed by atoms with Crippen LogP contribution in [0.5, 0.6) is 0 Å². The standard InChI is InChI=1S/C10H11NO7/c1-17-10(16)11(5-7(12)13)8(9(14)15)6-3-2-4-18-6/h2-4,8H,5H2,1H3,(H,12,13)(H,14,15). The minimum Gasteiger partial charge on any atom is -0.480 e. The molecule has 2 N–H and O–H groups in total. The lowest BCUT2D eigenvalue weighted by molar-refractivity contribution is -0.146. The predicted octanol–water partition coefficient (Wildman–Crippen LogP) is 0.558. The number of aliphatic carboxylic acids is 2. The third-order valence-corrected chi connectivity index (χ3v) is 2.07. The van der Waals surface area contributed by atoms with Crippen LogP contribution in [0, 0.1) is 0 Å². The van der Waals surface area contributed by atoms with Crippen LogP contribution >= 0.6 is 0 Å². The Morgan fingerprint density at radius 2 is 2.11 bits per heavy atom. The van der Waals surface area contributed by atoms with Crippen LogP contribution in [0.4, 0.5) is 4.79 Å². The molecular formula is C10H11NO7. The highest BCUT2D eigenvalue weighted by Gasteiger charge is 2.35. The largest absolute Gasteiger partial charge is 0.480 e. The van der Waals surface area contributed by atoms with Crippen LogP contribution < -0.4 is 0 Å². The number of carboxylic acids is 2. The molecule has 98 valence electrons. The van der Waals surface area contributed by atoms with Crippen molar-refractivity contribution >= 4 is 18.0 Å². The Bertz CT molecular complexity index is 439. The maximum atomic E-state index is 11.4. The van der Waals surface area contributed by atoms with Gasteiger partial charge in [0.15, 0.2) is 6.04 Å². The summed E-state index contributed by atoms with van der Waals surface area (Å²) in [5, 5.41) is 17.8. The second-order valence-electron chi connectivity index (χ2n) is 3.25. The highest BCUT2D eigenvalue weighted by molar-refractivity contribution is 5.84. The molecule has 0 saturated carbocycles. The summed E-state index contributed by atoms with van der Waals surface area (Å²) in [7, 11) is 1.03. The Labute approximate surface area is 101 Å². The van der Waals surface area contributed by atoms with E-state index in [0.717, 1.165) is 7.11 Å². The lowest BCUT2D eigenvalue weighted by atomic mass is 10.2. The first kappa shape index (κ1) is 13.6. The quantitative estimate of drug-likeness (QED) is 0.791. The molecule has 0 spiro atoms. The van der Waals surface area contributed by atoms with Crippen molar-refractivity contribution < 1.29 is 33.8 Å². The first-order chi connectivity index (χ1) is 8.47. The van der Waals surface area contributed by atoms with Gasteiger partial charge in [-0.05, 0) is 12.1 Å². The zero-order chi connectivity index (χ0) is 13.7. The Morgan fingerprint density at radius 1 is 1.44 bits per heavy atom. The van der Waals surface area contributed by atoms with Crippen LogP contribution in [0.3, 0.4) is 0 Å². The van der Waals surface area contributed by atoms with Crippen molar-refractivity contribution in [2.75, 3.05) is 13.7 Å². The summed E-state index contributed by atoms with van der Waals surface area (Å²) in [5.41, 5.74) is 0. The Hall–Kier alpha value is -2.51. The molecule has 0 aliphatic rings. The Kier molecular flexibility index (Phi) is 4.30. The summed E-state index contributed by atoms with van der Waals surface area (Å²) in [6, 6.07) is 1.21. The minimum atomic E-state index is -1.55. The molecule has 0 aromatic carbocycles. The van der Waals surface area contributed by atoms with Gasteiger partial charge in [0.1, 0.15) is 12.3 Å². The van der Waals surface area contributed by atoms with Crippen molar-refractivity contribution in [2.24, 2.45) is 0 Å². The van der Waals surface area contributed by atoms with Gasteiger partial charge in [-0.2, -0.15) is 0 Å². The molecular weight excluding hydrogens is 246 g/mol. The lowest BCUT2D eigenvalue weighted by Gasteiger charge is -2.24. The van der Waals surface area contributed by atoms with E-state index >= 15 is 0 Å². The highest BCUT2D eigenvalue weighted by Crippen LogP contribution is 2.22. The molecule has 8 heteroatoms. The van der Waals surface area contributed by atoms with Gasteiger partial charge in [-0.15, -0.1) is 0 Å². The molecule has 0 aliphatic heterocycles. The molecule has 0 radical (unpaired) electrons. The summed E-state index contributed by atoms with van der Waals surface area (Å²) in [5.74, 6) is -2.84. The van der Waals surface area contributed by atoms with Crippen LogP contribution in [0.1, 0.15) is 11.8 Å². The molecule has 0 fully saturated rings. The maximum Gasteiger partial charge on any atom is 0.411 e. The monoisotopic (exact) mass is 257 g/mol. The second-order valence-corrected chi connectivity index (χ2v) is 3.25. The zero-order valence-corrected chi connectivity index (χ0v) is 9.40. The number of furan rings is 1. The molecule has 0 aliphatic carbocycles. The van der Waals surface area contributed by atoms with Crippen LogP contribution in [0.15, 0.2) is 22.8 Å². The van der Waals surface area contributed by atoms with Gasteiger partial charge >= 0.3 is 18.0 Å². The molecule has 8 nitrogen and oxygen atoms in total. The third kappa shape index (κ3) is 3.00. The fourth-order valence-electron chi connectivity index (χ4n) is 1.38. The van der Waals surface area contributed by atoms with Gasteiger partial charge in [-0.3, -0.25) is 9.69 Å². The van der Waals surface area contributed by atoms with E-state index in [1.165, 1.54) is 18.4 Å². The number of amides is 1. The molecule has 1 atom stereocenters. The Morgan fingerprint density at radius 3 is 2.50 bits per heavy atom. The SMILES string of the molecule is COC(=O)N(CC(=O)O)C(C(=O)O)c1ccco1. The molecule has 1 heterocycles. The minimum absolute atomic E-state index is 0.0610. The van der Waals surface area contributed by atoms with Gasteiger partial charge in [-0.1, -0.05) is 0 Å². The topological polar surface area (TPSA) is 117 Å². The van der Waals surface area contributed by atoms with Gasteiger partial charge < -0.3 is 19.4 Å². The van der Waals surface area contributed by atoms with Crippen molar-refractivity contribution in [2.45, 2.75) is 6.04 Å². The number of ether oxygens (including phenoxy) is 1. The Balaban J connectivity index is 3.09. The van der Waals surface area contributed by atoms with Crippen LogP contribution in [0.2, 0.25) is 0 Å². The van der Waals surface area contributed by atoms with Gasteiger partial charge in [-0.25, -0.2) is 9.59 Å². The first-order valence-electron chi connectivity index (χ1n) is 4.80. The average Bonchev–Trinajstić information content (AvgIpc) is 2.79. The van der Waals surface area contributed by atoms with Crippen molar-refractivity contribution in [3.8, 4) is 0 Å². The first-order valence-corrected chi connectivity index (χ1v) is 4.80. The summed E-state index contributed by atoms with van der Waals surface area (Å²) in [6.45, 7) is -0.815. The number of hydrogen-bond donors (Lipinski definition) is 2. The molecule has 1 amide bonds. The summed E-state index contributed by atoms with van der Waals surface area (Å²) < 4.78 is 9.25. The van der Waals surface area contributed by atoms with Crippen LogP contribution in [-0.2, 0) is 14.3 Å². The van der Waals surface area contributed by atoms with E-state index < -0.39 is 30.6 Å². The number of hydrogen-bond acceptors (Lipinski definition) is 5. The molecule has 1 unspecified atom stereocenters. The fourth-order valence-corrected chi connectivity index (χ4v) is 1.38. The predicted molar refractivity (Wildman–Crippen MR) is 55.8 cm³/mol. The average molecular weight is 257 g/mol. The van der Waals surface area contributed by atoms with Crippen LogP contribution in [-0.4, -0.2) is 46.8 Å². The van der Waals surface area contributed by atoms with Crippen molar-refractivity contribution in [3.63, 3.8) is 0 Å². The number of carboxylic acid groups (broad SMARTS) is 2. The molecule has 18 heavy (non-hydrogen) atoms. The van der Waals surface area contributed by atoms with E-state index in [-0.39, 0.29) is 5.76 Å². The number of rotatable bonds is 5. The van der Waals surface area contributed by atoms with E-state index in [0.29, 0.717) is 4.90 Å². The van der Waals surface area contributed by atoms with E-state index in [2.05, 4.69) is 4.74 Å². The van der Waals surface area contributed by atoms with Gasteiger partial charge in [0, 0.05) is 0 Å². The fraction of sp³-hybridized carbons (Fsp3) is 0.300. The van der Waals surface area contributed by atoms with Gasteiger partial charge in [0.25, 0.3) is 0 Å². The summed E-state index contributed by atoms with van der Waals surface area (Å²) in [6.07, 6.45) is 0.155. The van der Waals surface area contributed by atoms with Gasteiger partial charge in [0.05, 0.1) is 13.4 Å². The molecule has 1 aromatic heterocycles. The summed E-state index contributed by atoms with van der Waals surface area (Å²) >= 11 is 0. The van der Waals surface area contributed by atoms with E-state index in [1.807, 2.05) is 0 Å². The second kappa shape index (κ2) is 5.71. The molecule has 0 saturated heterocycles. The number of nitrogens with zero attached hydrogens (tertiary/aromatic N) is 1. The van der Waals surface area contributed by atoms with E-state index in [1.54, 1.807) is 0 Å².